The monoisotopic (exact) mass is 398 g/mol. The maximum atomic E-state index is 13.2. The van der Waals surface area contributed by atoms with Crippen LogP contribution in [-0.4, -0.2) is 6.61 Å². The number of halogens is 3. The molecule has 0 spiro atoms. The fourth-order valence-electron chi connectivity index (χ4n) is 2.58. The summed E-state index contributed by atoms with van der Waals surface area (Å²) in [7, 11) is 0. The van der Waals surface area contributed by atoms with Crippen LogP contribution in [0, 0.1) is 12.7 Å². The summed E-state index contributed by atoms with van der Waals surface area (Å²) in [6.45, 7) is 2.65. The summed E-state index contributed by atoms with van der Waals surface area (Å²) in [5, 5.41) is 0. The maximum Gasteiger partial charge on any atom is 0.127 e. The van der Waals surface area contributed by atoms with Crippen molar-refractivity contribution in [2.24, 2.45) is 0 Å². The molecule has 1 nitrogen and oxygen atoms in total. The number of aryl methyl sites for hydroxylation is 1. The van der Waals surface area contributed by atoms with Gasteiger partial charge in [-0.3, -0.25) is 0 Å². The van der Waals surface area contributed by atoms with Gasteiger partial charge in [-0.05, 0) is 47.9 Å². The van der Waals surface area contributed by atoms with Gasteiger partial charge < -0.3 is 4.74 Å². The van der Waals surface area contributed by atoms with Gasteiger partial charge in [0.1, 0.15) is 11.6 Å². The lowest BCUT2D eigenvalue weighted by Gasteiger charge is -2.17. The Morgan fingerprint density at radius 1 is 1.20 bits per heavy atom. The topological polar surface area (TPSA) is 9.23 Å². The fourth-order valence-corrected chi connectivity index (χ4v) is 3.95. The first-order chi connectivity index (χ1) is 9.56. The fraction of sp³-hybridized carbons (Fsp3) is 0.250. The minimum absolute atomic E-state index is 0.00699. The molecular weight excluding hydrogens is 387 g/mol. The van der Waals surface area contributed by atoms with E-state index >= 15 is 0 Å². The molecule has 1 aliphatic heterocycles. The van der Waals surface area contributed by atoms with Gasteiger partial charge in [0.15, 0.2) is 0 Å². The van der Waals surface area contributed by atoms with E-state index in [0.717, 1.165) is 39.9 Å². The molecule has 0 fully saturated rings. The third-order valence-electron chi connectivity index (χ3n) is 3.56. The van der Waals surface area contributed by atoms with Crippen LogP contribution < -0.4 is 4.74 Å². The van der Waals surface area contributed by atoms with Gasteiger partial charge in [-0.2, -0.15) is 0 Å². The van der Waals surface area contributed by atoms with Crippen LogP contribution in [0.4, 0.5) is 4.39 Å². The molecule has 0 aliphatic carbocycles. The van der Waals surface area contributed by atoms with Crippen LogP contribution >= 0.6 is 31.9 Å². The zero-order valence-electron chi connectivity index (χ0n) is 10.9. The van der Waals surface area contributed by atoms with Gasteiger partial charge in [-0.25, -0.2) is 4.39 Å². The van der Waals surface area contributed by atoms with E-state index in [0.29, 0.717) is 0 Å². The second-order valence-electron chi connectivity index (χ2n) is 4.95. The van der Waals surface area contributed by atoms with Crippen molar-refractivity contribution in [3.8, 4) is 5.75 Å². The Morgan fingerprint density at radius 3 is 2.75 bits per heavy atom. The zero-order chi connectivity index (χ0) is 14.3. The van der Waals surface area contributed by atoms with Crippen LogP contribution in [0.1, 0.15) is 27.1 Å². The summed E-state index contributed by atoms with van der Waals surface area (Å²) in [6, 6.07) is 9.04. The van der Waals surface area contributed by atoms with E-state index < -0.39 is 0 Å². The predicted molar refractivity (Wildman–Crippen MR) is 85.2 cm³/mol. The van der Waals surface area contributed by atoms with E-state index in [1.807, 2.05) is 13.0 Å². The Hall–Kier alpha value is -0.870. The molecule has 4 heteroatoms. The lowest BCUT2D eigenvalue weighted by atomic mass is 9.98. The largest absolute Gasteiger partial charge is 0.493 e. The highest BCUT2D eigenvalue weighted by molar-refractivity contribution is 9.10. The second-order valence-corrected chi connectivity index (χ2v) is 6.78. The van der Waals surface area contributed by atoms with Crippen molar-refractivity contribution in [3.05, 3.63) is 62.9 Å². The molecule has 1 unspecified atom stereocenters. The Bertz CT molecular complexity index is 670. The summed E-state index contributed by atoms with van der Waals surface area (Å²) < 4.78 is 20.1. The van der Waals surface area contributed by atoms with E-state index in [4.69, 9.17) is 4.74 Å². The summed E-state index contributed by atoms with van der Waals surface area (Å²) >= 11 is 7.28. The van der Waals surface area contributed by atoms with E-state index in [1.165, 1.54) is 11.6 Å². The van der Waals surface area contributed by atoms with Crippen molar-refractivity contribution in [1.82, 2.24) is 0 Å². The molecule has 0 aromatic heterocycles. The molecule has 0 saturated heterocycles. The predicted octanol–water partition coefficient (Wildman–Crippen LogP) is 5.32. The Morgan fingerprint density at radius 2 is 2.00 bits per heavy atom. The molecule has 2 aromatic carbocycles. The molecule has 0 saturated carbocycles. The van der Waals surface area contributed by atoms with Gasteiger partial charge in [0.25, 0.3) is 0 Å². The molecule has 0 bridgehead atoms. The molecule has 1 atom stereocenters. The summed E-state index contributed by atoms with van der Waals surface area (Å²) in [6.07, 6.45) is 0.934. The average Bonchev–Trinajstić information content (AvgIpc) is 2.85. The first-order valence-corrected chi connectivity index (χ1v) is 8.12. The molecule has 104 valence electrons. The number of alkyl halides is 1. The van der Waals surface area contributed by atoms with Gasteiger partial charge in [0.05, 0.1) is 11.4 Å². The van der Waals surface area contributed by atoms with Crippen molar-refractivity contribution >= 4 is 31.9 Å². The van der Waals surface area contributed by atoms with Crippen LogP contribution in [0.25, 0.3) is 0 Å². The Labute approximate surface area is 134 Å². The number of hydrogen-bond donors (Lipinski definition) is 0. The third-order valence-corrected chi connectivity index (χ3v) is 5.00. The molecule has 20 heavy (non-hydrogen) atoms. The number of hydrogen-bond acceptors (Lipinski definition) is 1. The van der Waals surface area contributed by atoms with Crippen molar-refractivity contribution in [2.45, 2.75) is 18.2 Å². The standard InChI is InChI=1S/C16H13Br2FO/c1-9-6-12(19)2-3-13(9)15(18)14-8-11(17)7-10-4-5-20-16(10)14/h2-3,6-8,15H,4-5H2,1H3. The quantitative estimate of drug-likeness (QED) is 0.621. The van der Waals surface area contributed by atoms with E-state index in [1.54, 1.807) is 6.07 Å². The molecule has 0 amide bonds. The van der Waals surface area contributed by atoms with Gasteiger partial charge >= 0.3 is 0 Å². The van der Waals surface area contributed by atoms with Crippen LogP contribution in [-0.2, 0) is 6.42 Å². The number of benzene rings is 2. The highest BCUT2D eigenvalue weighted by atomic mass is 79.9. The van der Waals surface area contributed by atoms with Gasteiger partial charge in [0, 0.05) is 16.5 Å². The normalized spacial score (nSPS) is 14.8. The zero-order valence-corrected chi connectivity index (χ0v) is 14.1. The summed E-state index contributed by atoms with van der Waals surface area (Å²) in [4.78, 5) is -0.00699. The summed E-state index contributed by atoms with van der Waals surface area (Å²) in [5.74, 6) is 0.750. The van der Waals surface area contributed by atoms with Crippen molar-refractivity contribution in [1.29, 1.82) is 0 Å². The van der Waals surface area contributed by atoms with E-state index in [2.05, 4.69) is 44.0 Å². The molecule has 1 aliphatic rings. The smallest absolute Gasteiger partial charge is 0.127 e. The van der Waals surface area contributed by atoms with Crippen LogP contribution in [0.3, 0.4) is 0 Å². The summed E-state index contributed by atoms with van der Waals surface area (Å²) in [5.41, 5.74) is 4.29. The second kappa shape index (κ2) is 5.49. The van der Waals surface area contributed by atoms with E-state index in [9.17, 15) is 4.39 Å². The SMILES string of the molecule is Cc1cc(F)ccc1C(Br)c1cc(Br)cc2c1OCC2. The molecule has 2 aromatic rings. The molecular formula is C16H13Br2FO. The Balaban J connectivity index is 2.09. The van der Waals surface area contributed by atoms with Gasteiger partial charge in [0.2, 0.25) is 0 Å². The minimum atomic E-state index is -0.207. The molecule has 0 radical (unpaired) electrons. The highest BCUT2D eigenvalue weighted by Crippen LogP contribution is 2.43. The Kier molecular flexibility index (Phi) is 3.87. The lowest BCUT2D eigenvalue weighted by Crippen LogP contribution is -1.99. The number of rotatable bonds is 2. The first-order valence-electron chi connectivity index (χ1n) is 6.41. The van der Waals surface area contributed by atoms with E-state index in [-0.39, 0.29) is 10.6 Å². The molecule has 1 heterocycles. The van der Waals surface area contributed by atoms with Gasteiger partial charge in [-0.15, -0.1) is 0 Å². The van der Waals surface area contributed by atoms with Crippen molar-refractivity contribution < 1.29 is 9.13 Å². The van der Waals surface area contributed by atoms with Crippen molar-refractivity contribution in [3.63, 3.8) is 0 Å². The lowest BCUT2D eigenvalue weighted by molar-refractivity contribution is 0.354. The number of fused-ring (bicyclic) bond motifs is 1. The minimum Gasteiger partial charge on any atom is -0.493 e. The van der Waals surface area contributed by atoms with Crippen LogP contribution in [0.15, 0.2) is 34.8 Å². The van der Waals surface area contributed by atoms with Crippen molar-refractivity contribution in [2.75, 3.05) is 6.61 Å². The van der Waals surface area contributed by atoms with Gasteiger partial charge in [-0.1, -0.05) is 37.9 Å². The molecule has 3 rings (SSSR count). The third kappa shape index (κ3) is 2.51. The van der Waals surface area contributed by atoms with Crippen LogP contribution in [0.5, 0.6) is 5.75 Å². The first kappa shape index (κ1) is 14.1. The highest BCUT2D eigenvalue weighted by Gasteiger charge is 2.23. The van der Waals surface area contributed by atoms with Crippen LogP contribution in [0.2, 0.25) is 0 Å². The number of ether oxygens (including phenoxy) is 1. The molecule has 0 N–H and O–H groups in total. The average molecular weight is 400 g/mol. The maximum absolute atomic E-state index is 13.2.